The maximum atomic E-state index is 14.0. The number of anilines is 1. The van der Waals surface area contributed by atoms with Gasteiger partial charge in [-0.15, -0.1) is 0 Å². The summed E-state index contributed by atoms with van der Waals surface area (Å²) in [6.07, 6.45) is 0. The van der Waals surface area contributed by atoms with Crippen LogP contribution in [0.15, 0.2) is 42.5 Å². The van der Waals surface area contributed by atoms with E-state index in [0.29, 0.717) is 11.3 Å². The van der Waals surface area contributed by atoms with Crippen LogP contribution in [0.1, 0.15) is 18.5 Å². The maximum Gasteiger partial charge on any atom is 0.141 e. The van der Waals surface area contributed by atoms with Crippen molar-refractivity contribution < 1.29 is 13.9 Å². The average Bonchev–Trinajstić information content (AvgIpc) is 2.47. The van der Waals surface area contributed by atoms with Gasteiger partial charge in [-0.05, 0) is 31.2 Å². The monoisotopic (exact) mass is 275 g/mol. The molecule has 0 aliphatic heterocycles. The first-order chi connectivity index (χ1) is 9.67. The van der Waals surface area contributed by atoms with Crippen molar-refractivity contribution in [3.63, 3.8) is 0 Å². The van der Waals surface area contributed by atoms with Gasteiger partial charge in [-0.3, -0.25) is 0 Å². The highest BCUT2D eigenvalue weighted by atomic mass is 19.1. The highest BCUT2D eigenvalue weighted by molar-refractivity contribution is 5.58. The summed E-state index contributed by atoms with van der Waals surface area (Å²) < 4.78 is 24.5. The molecular weight excluding hydrogens is 257 g/mol. The number of hydrogen-bond acceptors (Lipinski definition) is 3. The lowest BCUT2D eigenvalue weighted by atomic mass is 10.1. The predicted octanol–water partition coefficient (Wildman–Crippen LogP) is 4.02. The Kier molecular flexibility index (Phi) is 4.45. The van der Waals surface area contributed by atoms with Gasteiger partial charge in [0.1, 0.15) is 17.3 Å². The summed E-state index contributed by atoms with van der Waals surface area (Å²) >= 11 is 0. The Hall–Kier alpha value is -2.23. The van der Waals surface area contributed by atoms with E-state index in [1.807, 2.05) is 31.2 Å². The summed E-state index contributed by atoms with van der Waals surface area (Å²) in [5.74, 6) is 0.953. The Morgan fingerprint density at radius 3 is 2.30 bits per heavy atom. The van der Waals surface area contributed by atoms with E-state index in [2.05, 4.69) is 5.32 Å². The first-order valence-electron chi connectivity index (χ1n) is 6.39. The van der Waals surface area contributed by atoms with Crippen molar-refractivity contribution in [2.75, 3.05) is 19.5 Å². The van der Waals surface area contributed by atoms with Gasteiger partial charge in [-0.25, -0.2) is 4.39 Å². The molecule has 2 aromatic rings. The minimum atomic E-state index is -0.292. The maximum absolute atomic E-state index is 14.0. The molecule has 0 aromatic heterocycles. The number of nitrogens with one attached hydrogen (secondary N) is 1. The van der Waals surface area contributed by atoms with Gasteiger partial charge in [0, 0.05) is 0 Å². The zero-order valence-corrected chi connectivity index (χ0v) is 11.8. The highest BCUT2D eigenvalue weighted by Gasteiger charge is 2.17. The lowest BCUT2D eigenvalue weighted by Gasteiger charge is -2.20. The number of ether oxygens (including phenoxy) is 2. The molecule has 106 valence electrons. The van der Waals surface area contributed by atoms with Crippen LogP contribution in [0.5, 0.6) is 11.5 Å². The molecule has 3 nitrogen and oxygen atoms in total. The van der Waals surface area contributed by atoms with E-state index < -0.39 is 0 Å². The second kappa shape index (κ2) is 6.28. The zero-order valence-electron chi connectivity index (χ0n) is 11.8. The van der Waals surface area contributed by atoms with Crippen molar-refractivity contribution in [1.82, 2.24) is 0 Å². The molecular formula is C16H18FNO2. The third-order valence-electron chi connectivity index (χ3n) is 3.14. The van der Waals surface area contributed by atoms with Gasteiger partial charge in [0.05, 0.1) is 31.5 Å². The van der Waals surface area contributed by atoms with E-state index in [0.717, 1.165) is 11.4 Å². The first-order valence-corrected chi connectivity index (χ1v) is 6.39. The van der Waals surface area contributed by atoms with E-state index >= 15 is 0 Å². The van der Waals surface area contributed by atoms with Crippen LogP contribution < -0.4 is 14.8 Å². The van der Waals surface area contributed by atoms with Gasteiger partial charge in [0.2, 0.25) is 0 Å². The molecule has 1 atom stereocenters. The lowest BCUT2D eigenvalue weighted by Crippen LogP contribution is -2.11. The Morgan fingerprint density at radius 1 is 0.950 bits per heavy atom. The fourth-order valence-electron chi connectivity index (χ4n) is 2.18. The molecule has 0 radical (unpaired) electrons. The summed E-state index contributed by atoms with van der Waals surface area (Å²) in [6, 6.07) is 12.1. The van der Waals surface area contributed by atoms with Gasteiger partial charge >= 0.3 is 0 Å². The molecule has 0 heterocycles. The normalized spacial score (nSPS) is 11.8. The number of para-hydroxylation sites is 2. The van der Waals surface area contributed by atoms with Crippen molar-refractivity contribution in [3.8, 4) is 11.5 Å². The molecule has 1 unspecified atom stereocenters. The molecule has 0 saturated carbocycles. The van der Waals surface area contributed by atoms with E-state index in [1.54, 1.807) is 19.2 Å². The Morgan fingerprint density at radius 2 is 1.60 bits per heavy atom. The molecule has 0 bridgehead atoms. The highest BCUT2D eigenvalue weighted by Crippen LogP contribution is 2.32. The standard InChI is InChI=1S/C16H18FNO2/c1-11(16-12(17)7-6-10-15(16)20-3)18-13-8-4-5-9-14(13)19-2/h4-11,18H,1-3H3. The van der Waals surface area contributed by atoms with Crippen LogP contribution in [0, 0.1) is 5.82 Å². The van der Waals surface area contributed by atoms with E-state index in [1.165, 1.54) is 13.2 Å². The Balaban J connectivity index is 2.31. The van der Waals surface area contributed by atoms with Crippen LogP contribution in [-0.2, 0) is 0 Å². The Bertz CT molecular complexity index is 586. The molecule has 0 amide bonds. The number of hydrogen-bond donors (Lipinski definition) is 1. The van der Waals surface area contributed by atoms with Gasteiger partial charge in [-0.2, -0.15) is 0 Å². The van der Waals surface area contributed by atoms with Crippen LogP contribution in [0.4, 0.5) is 10.1 Å². The molecule has 0 fully saturated rings. The Labute approximate surface area is 118 Å². The van der Waals surface area contributed by atoms with Gasteiger partial charge in [-0.1, -0.05) is 18.2 Å². The quantitative estimate of drug-likeness (QED) is 0.894. The summed E-state index contributed by atoms with van der Waals surface area (Å²) in [7, 11) is 3.14. The average molecular weight is 275 g/mol. The van der Waals surface area contributed by atoms with Crippen LogP contribution in [-0.4, -0.2) is 14.2 Å². The second-order valence-corrected chi connectivity index (χ2v) is 4.42. The molecule has 0 aliphatic rings. The smallest absolute Gasteiger partial charge is 0.141 e. The first kappa shape index (κ1) is 14.2. The number of rotatable bonds is 5. The molecule has 20 heavy (non-hydrogen) atoms. The largest absolute Gasteiger partial charge is 0.496 e. The van der Waals surface area contributed by atoms with Crippen molar-refractivity contribution >= 4 is 5.69 Å². The third kappa shape index (κ3) is 2.85. The summed E-state index contributed by atoms with van der Waals surface area (Å²) in [6.45, 7) is 1.88. The summed E-state index contributed by atoms with van der Waals surface area (Å²) in [5.41, 5.74) is 1.31. The van der Waals surface area contributed by atoms with Crippen LogP contribution in [0.2, 0.25) is 0 Å². The number of methoxy groups -OCH3 is 2. The minimum Gasteiger partial charge on any atom is -0.496 e. The molecule has 0 saturated heterocycles. The van der Waals surface area contributed by atoms with Gasteiger partial charge in [0.15, 0.2) is 0 Å². The van der Waals surface area contributed by atoms with Crippen molar-refractivity contribution in [3.05, 3.63) is 53.8 Å². The molecule has 1 N–H and O–H groups in total. The molecule has 2 aromatic carbocycles. The molecule has 4 heteroatoms. The SMILES string of the molecule is COc1ccccc1NC(C)c1c(F)cccc1OC. The van der Waals surface area contributed by atoms with E-state index in [9.17, 15) is 4.39 Å². The van der Waals surface area contributed by atoms with Crippen molar-refractivity contribution in [2.45, 2.75) is 13.0 Å². The molecule has 0 spiro atoms. The molecule has 2 rings (SSSR count). The second-order valence-electron chi connectivity index (χ2n) is 4.42. The van der Waals surface area contributed by atoms with E-state index in [-0.39, 0.29) is 11.9 Å². The lowest BCUT2D eigenvalue weighted by molar-refractivity contribution is 0.401. The summed E-state index contributed by atoms with van der Waals surface area (Å²) in [4.78, 5) is 0. The fraction of sp³-hybridized carbons (Fsp3) is 0.250. The fourth-order valence-corrected chi connectivity index (χ4v) is 2.18. The van der Waals surface area contributed by atoms with Crippen molar-refractivity contribution in [2.24, 2.45) is 0 Å². The van der Waals surface area contributed by atoms with Crippen molar-refractivity contribution in [1.29, 1.82) is 0 Å². The third-order valence-corrected chi connectivity index (χ3v) is 3.14. The zero-order chi connectivity index (χ0) is 14.5. The van der Waals surface area contributed by atoms with Gasteiger partial charge < -0.3 is 14.8 Å². The van der Waals surface area contributed by atoms with E-state index in [4.69, 9.17) is 9.47 Å². The predicted molar refractivity (Wildman–Crippen MR) is 78.0 cm³/mol. The topological polar surface area (TPSA) is 30.5 Å². The van der Waals surface area contributed by atoms with Crippen LogP contribution >= 0.6 is 0 Å². The number of benzene rings is 2. The van der Waals surface area contributed by atoms with Gasteiger partial charge in [0.25, 0.3) is 0 Å². The summed E-state index contributed by atoms with van der Waals surface area (Å²) in [5, 5.41) is 3.25. The molecule has 0 aliphatic carbocycles. The number of halogens is 1. The van der Waals surface area contributed by atoms with Crippen LogP contribution in [0.3, 0.4) is 0 Å². The van der Waals surface area contributed by atoms with Crippen LogP contribution in [0.25, 0.3) is 0 Å². The minimum absolute atomic E-state index is 0.248.